The fourth-order valence-corrected chi connectivity index (χ4v) is 2.74. The number of nitrogens with two attached hydrogens (primary N) is 1. The summed E-state index contributed by atoms with van der Waals surface area (Å²) in [6.07, 6.45) is 3.96. The van der Waals surface area contributed by atoms with Crippen molar-refractivity contribution >= 4 is 5.69 Å². The van der Waals surface area contributed by atoms with Crippen molar-refractivity contribution in [2.75, 3.05) is 5.73 Å². The molecular weight excluding hydrogens is 198 g/mol. The maximum absolute atomic E-state index is 6.00. The van der Waals surface area contributed by atoms with Crippen molar-refractivity contribution in [2.24, 2.45) is 11.8 Å². The molecule has 16 heavy (non-hydrogen) atoms. The van der Waals surface area contributed by atoms with E-state index in [4.69, 9.17) is 10.5 Å². The first-order chi connectivity index (χ1) is 7.65. The van der Waals surface area contributed by atoms with Crippen LogP contribution in [0.15, 0.2) is 24.3 Å². The number of rotatable bonds is 2. The molecule has 0 spiro atoms. The molecule has 0 heterocycles. The molecule has 1 aromatic rings. The number of para-hydroxylation sites is 2. The lowest BCUT2D eigenvalue weighted by Crippen LogP contribution is -2.28. The van der Waals surface area contributed by atoms with E-state index in [-0.39, 0.29) is 0 Å². The monoisotopic (exact) mass is 219 g/mol. The number of nitrogen functional groups attached to an aromatic ring is 1. The first-order valence-corrected chi connectivity index (χ1v) is 6.16. The van der Waals surface area contributed by atoms with Crippen molar-refractivity contribution in [3.8, 4) is 5.75 Å². The third-order valence-electron chi connectivity index (χ3n) is 3.35. The topological polar surface area (TPSA) is 35.2 Å². The van der Waals surface area contributed by atoms with Gasteiger partial charge in [0.2, 0.25) is 0 Å². The van der Waals surface area contributed by atoms with Crippen LogP contribution in [0.2, 0.25) is 0 Å². The number of hydrogen-bond acceptors (Lipinski definition) is 2. The van der Waals surface area contributed by atoms with Gasteiger partial charge in [-0.05, 0) is 43.2 Å². The quantitative estimate of drug-likeness (QED) is 0.773. The van der Waals surface area contributed by atoms with Crippen molar-refractivity contribution in [3.63, 3.8) is 0 Å². The maximum Gasteiger partial charge on any atom is 0.142 e. The molecule has 0 radical (unpaired) electrons. The van der Waals surface area contributed by atoms with E-state index >= 15 is 0 Å². The Bertz CT molecular complexity index is 340. The minimum atomic E-state index is 0.337. The van der Waals surface area contributed by atoms with Crippen molar-refractivity contribution in [1.82, 2.24) is 0 Å². The number of hydrogen-bond donors (Lipinski definition) is 1. The SMILES string of the molecule is CC1CC(C)CC(Oc2ccccc2N)C1. The van der Waals surface area contributed by atoms with Crippen molar-refractivity contribution in [2.45, 2.75) is 39.2 Å². The molecule has 0 bridgehead atoms. The molecule has 0 saturated heterocycles. The third-order valence-corrected chi connectivity index (χ3v) is 3.35. The largest absolute Gasteiger partial charge is 0.488 e. The van der Waals surface area contributed by atoms with Crippen LogP contribution in [-0.2, 0) is 0 Å². The highest BCUT2D eigenvalue weighted by Gasteiger charge is 2.25. The molecule has 2 atom stereocenters. The molecule has 0 amide bonds. The van der Waals surface area contributed by atoms with Crippen LogP contribution in [0, 0.1) is 11.8 Å². The Morgan fingerprint density at radius 3 is 2.31 bits per heavy atom. The summed E-state index contributed by atoms with van der Waals surface area (Å²) in [6, 6.07) is 7.76. The number of ether oxygens (including phenoxy) is 1. The van der Waals surface area contributed by atoms with Gasteiger partial charge in [-0.25, -0.2) is 0 Å². The molecule has 2 rings (SSSR count). The van der Waals surface area contributed by atoms with Crippen LogP contribution in [0.25, 0.3) is 0 Å². The fraction of sp³-hybridized carbons (Fsp3) is 0.571. The Balaban J connectivity index is 2.02. The second kappa shape index (κ2) is 4.77. The van der Waals surface area contributed by atoms with Crippen LogP contribution in [0.5, 0.6) is 5.75 Å². The fourth-order valence-electron chi connectivity index (χ4n) is 2.74. The van der Waals surface area contributed by atoms with Crippen LogP contribution in [0.1, 0.15) is 33.1 Å². The standard InChI is InChI=1S/C14H21NO/c1-10-7-11(2)9-12(8-10)16-14-6-4-3-5-13(14)15/h3-6,10-12H,7-9,15H2,1-2H3. The summed E-state index contributed by atoms with van der Waals surface area (Å²) in [5.74, 6) is 2.37. The molecule has 0 aromatic heterocycles. The van der Waals surface area contributed by atoms with Gasteiger partial charge in [0.1, 0.15) is 5.75 Å². The van der Waals surface area contributed by atoms with Crippen LogP contribution >= 0.6 is 0 Å². The Kier molecular flexibility index (Phi) is 3.37. The van der Waals surface area contributed by atoms with Gasteiger partial charge in [0.05, 0.1) is 11.8 Å². The summed E-state index contributed by atoms with van der Waals surface area (Å²) in [4.78, 5) is 0. The van der Waals surface area contributed by atoms with E-state index in [9.17, 15) is 0 Å². The van der Waals surface area contributed by atoms with E-state index in [2.05, 4.69) is 13.8 Å². The van der Waals surface area contributed by atoms with Gasteiger partial charge in [-0.1, -0.05) is 26.0 Å². The van der Waals surface area contributed by atoms with E-state index in [1.54, 1.807) is 0 Å². The van der Waals surface area contributed by atoms with Gasteiger partial charge in [0.25, 0.3) is 0 Å². The molecule has 2 heteroatoms. The first kappa shape index (κ1) is 11.3. The second-order valence-corrected chi connectivity index (χ2v) is 5.20. The van der Waals surface area contributed by atoms with E-state index < -0.39 is 0 Å². The predicted molar refractivity (Wildman–Crippen MR) is 67.4 cm³/mol. The zero-order valence-electron chi connectivity index (χ0n) is 10.1. The minimum absolute atomic E-state index is 0.337. The Morgan fingerprint density at radius 1 is 1.06 bits per heavy atom. The highest BCUT2D eigenvalue weighted by Crippen LogP contribution is 2.32. The van der Waals surface area contributed by atoms with Crippen molar-refractivity contribution in [3.05, 3.63) is 24.3 Å². The van der Waals surface area contributed by atoms with Crippen LogP contribution in [0.3, 0.4) is 0 Å². The minimum Gasteiger partial charge on any atom is -0.488 e. The van der Waals surface area contributed by atoms with Gasteiger partial charge in [0, 0.05) is 0 Å². The molecule has 1 aliphatic carbocycles. The summed E-state index contributed by atoms with van der Waals surface area (Å²) in [7, 11) is 0. The molecule has 2 nitrogen and oxygen atoms in total. The van der Waals surface area contributed by atoms with Crippen LogP contribution < -0.4 is 10.5 Å². The summed E-state index contributed by atoms with van der Waals surface area (Å²) >= 11 is 0. The molecule has 2 N–H and O–H groups in total. The number of anilines is 1. The lowest BCUT2D eigenvalue weighted by molar-refractivity contribution is 0.102. The van der Waals surface area contributed by atoms with E-state index in [1.807, 2.05) is 24.3 Å². The Labute approximate surface area is 97.8 Å². The van der Waals surface area contributed by atoms with Crippen LogP contribution in [0.4, 0.5) is 5.69 Å². The molecule has 1 saturated carbocycles. The zero-order valence-corrected chi connectivity index (χ0v) is 10.1. The van der Waals surface area contributed by atoms with E-state index in [0.29, 0.717) is 6.10 Å². The summed E-state index contributed by atoms with van der Waals surface area (Å²) in [5, 5.41) is 0. The van der Waals surface area contributed by atoms with Gasteiger partial charge < -0.3 is 10.5 Å². The van der Waals surface area contributed by atoms with Crippen molar-refractivity contribution in [1.29, 1.82) is 0 Å². The highest BCUT2D eigenvalue weighted by molar-refractivity contribution is 5.51. The lowest BCUT2D eigenvalue weighted by Gasteiger charge is -2.31. The van der Waals surface area contributed by atoms with Gasteiger partial charge >= 0.3 is 0 Å². The van der Waals surface area contributed by atoms with E-state index in [0.717, 1.165) is 36.1 Å². The normalized spacial score (nSPS) is 30.0. The van der Waals surface area contributed by atoms with Gasteiger partial charge in [0.15, 0.2) is 0 Å². The molecule has 1 aliphatic rings. The van der Waals surface area contributed by atoms with Gasteiger partial charge in [-0.2, -0.15) is 0 Å². The predicted octanol–water partition coefficient (Wildman–Crippen LogP) is 3.47. The lowest BCUT2D eigenvalue weighted by atomic mass is 9.82. The van der Waals surface area contributed by atoms with Gasteiger partial charge in [-0.15, -0.1) is 0 Å². The Hall–Kier alpha value is -1.18. The average molecular weight is 219 g/mol. The second-order valence-electron chi connectivity index (χ2n) is 5.20. The first-order valence-electron chi connectivity index (χ1n) is 6.16. The van der Waals surface area contributed by atoms with Gasteiger partial charge in [-0.3, -0.25) is 0 Å². The Morgan fingerprint density at radius 2 is 1.69 bits per heavy atom. The summed E-state index contributed by atoms with van der Waals surface area (Å²) in [6.45, 7) is 4.61. The zero-order chi connectivity index (χ0) is 11.5. The molecule has 1 aromatic carbocycles. The summed E-state index contributed by atoms with van der Waals surface area (Å²) < 4.78 is 6.00. The molecule has 1 fully saturated rings. The average Bonchev–Trinajstić information content (AvgIpc) is 2.20. The third kappa shape index (κ3) is 2.69. The molecule has 0 aliphatic heterocycles. The highest BCUT2D eigenvalue weighted by atomic mass is 16.5. The molecule has 2 unspecified atom stereocenters. The maximum atomic E-state index is 6.00. The molecular formula is C14H21NO. The molecule has 88 valence electrons. The summed E-state index contributed by atoms with van der Waals surface area (Å²) in [5.41, 5.74) is 6.63. The smallest absolute Gasteiger partial charge is 0.142 e. The van der Waals surface area contributed by atoms with E-state index in [1.165, 1.54) is 6.42 Å². The number of benzene rings is 1. The van der Waals surface area contributed by atoms with Crippen LogP contribution in [-0.4, -0.2) is 6.10 Å². The van der Waals surface area contributed by atoms with Crippen molar-refractivity contribution < 1.29 is 4.74 Å².